The van der Waals surface area contributed by atoms with E-state index in [9.17, 15) is 9.59 Å². The van der Waals surface area contributed by atoms with Crippen molar-refractivity contribution in [1.29, 1.82) is 5.41 Å². The maximum Gasteiger partial charge on any atom is 0.254 e. The molecular weight excluding hydrogens is 372 g/mol. The molecule has 1 aromatic rings. The smallest absolute Gasteiger partial charge is 0.254 e. The highest BCUT2D eigenvalue weighted by atomic mass is 16.1. The average molecular weight is 400 g/mol. The molecule has 0 spiro atoms. The van der Waals surface area contributed by atoms with E-state index >= 15 is 0 Å². The van der Waals surface area contributed by atoms with Gasteiger partial charge in [-0.2, -0.15) is 4.98 Å². The zero-order valence-corrected chi connectivity index (χ0v) is 16.4. The van der Waals surface area contributed by atoms with Crippen molar-refractivity contribution in [2.24, 2.45) is 5.73 Å². The van der Waals surface area contributed by atoms with Crippen LogP contribution in [-0.2, 0) is 4.79 Å². The van der Waals surface area contributed by atoms with Gasteiger partial charge in [0.15, 0.2) is 0 Å². The summed E-state index contributed by atoms with van der Waals surface area (Å²) in [5.74, 6) is 0.0943. The molecule has 1 saturated heterocycles. The van der Waals surface area contributed by atoms with Crippen molar-refractivity contribution in [1.82, 2.24) is 20.2 Å². The Hall–Kier alpha value is -3.17. The first-order chi connectivity index (χ1) is 14.1. The summed E-state index contributed by atoms with van der Waals surface area (Å²) in [4.78, 5) is 33.0. The highest BCUT2D eigenvalue weighted by Gasteiger charge is 2.20. The van der Waals surface area contributed by atoms with Gasteiger partial charge in [-0.15, -0.1) is 0 Å². The molecule has 2 aliphatic rings. The van der Waals surface area contributed by atoms with Gasteiger partial charge in [0, 0.05) is 43.8 Å². The first kappa shape index (κ1) is 20.6. The van der Waals surface area contributed by atoms with E-state index in [2.05, 4.69) is 25.9 Å². The van der Waals surface area contributed by atoms with Crippen LogP contribution in [0, 0.1) is 5.41 Å². The number of carbonyl (C=O) groups is 2. The van der Waals surface area contributed by atoms with Crippen LogP contribution in [0.4, 0.5) is 11.8 Å². The topological polar surface area (TPSA) is 149 Å². The monoisotopic (exact) mass is 400 g/mol. The quantitative estimate of drug-likeness (QED) is 0.307. The zero-order valence-electron chi connectivity index (χ0n) is 16.4. The molecule has 3 rings (SSSR count). The number of primary amides is 1. The van der Waals surface area contributed by atoms with Gasteiger partial charge in [0.25, 0.3) is 5.91 Å². The van der Waals surface area contributed by atoms with Crippen molar-refractivity contribution < 1.29 is 9.59 Å². The molecule has 2 fully saturated rings. The fraction of sp³-hybridized carbons (Fsp3) is 0.526. The largest absolute Gasteiger partial charge is 0.385 e. The number of nitrogens with two attached hydrogens (primary N) is 1. The zero-order chi connectivity index (χ0) is 20.6. The highest BCUT2D eigenvalue weighted by Crippen LogP contribution is 2.23. The molecule has 1 aromatic heterocycles. The summed E-state index contributed by atoms with van der Waals surface area (Å²) in [7, 11) is 0. The van der Waals surface area contributed by atoms with Crippen LogP contribution in [-0.4, -0.2) is 58.6 Å². The molecule has 1 unspecified atom stereocenters. The fourth-order valence-corrected chi connectivity index (χ4v) is 3.68. The molecule has 6 N–H and O–H groups in total. The molecule has 29 heavy (non-hydrogen) atoms. The Balaban J connectivity index is 1.68. The molecule has 1 aliphatic heterocycles. The Morgan fingerprint density at radius 1 is 1.24 bits per heavy atom. The van der Waals surface area contributed by atoms with E-state index in [1.807, 2.05) is 0 Å². The summed E-state index contributed by atoms with van der Waals surface area (Å²) in [5.41, 5.74) is 6.17. The van der Waals surface area contributed by atoms with Gasteiger partial charge in [0.1, 0.15) is 5.82 Å². The minimum Gasteiger partial charge on any atom is -0.385 e. The van der Waals surface area contributed by atoms with Gasteiger partial charge in [-0.1, -0.05) is 12.8 Å². The summed E-state index contributed by atoms with van der Waals surface area (Å²) in [5, 5.41) is 17.2. The molecule has 10 nitrogen and oxygen atoms in total. The number of hydrogen-bond donors (Lipinski definition) is 5. The third kappa shape index (κ3) is 5.66. The Morgan fingerprint density at radius 3 is 2.69 bits per heavy atom. The van der Waals surface area contributed by atoms with E-state index in [1.165, 1.54) is 6.20 Å². The van der Waals surface area contributed by atoms with E-state index in [0.29, 0.717) is 18.1 Å². The average Bonchev–Trinajstić information content (AvgIpc) is 3.24. The van der Waals surface area contributed by atoms with Crippen LogP contribution in [0.25, 0.3) is 0 Å². The first-order valence-corrected chi connectivity index (χ1v) is 9.95. The Morgan fingerprint density at radius 2 is 2.00 bits per heavy atom. The van der Waals surface area contributed by atoms with Crippen molar-refractivity contribution >= 4 is 30.3 Å². The number of likely N-dealkylation sites (tertiary alicyclic amines) is 1. The van der Waals surface area contributed by atoms with E-state index in [-0.39, 0.29) is 23.6 Å². The first-order valence-electron chi connectivity index (χ1n) is 9.95. The van der Waals surface area contributed by atoms with Gasteiger partial charge in [0.2, 0.25) is 12.4 Å². The lowest BCUT2D eigenvalue weighted by Gasteiger charge is -2.30. The number of hydrogen-bond acceptors (Lipinski definition) is 8. The molecule has 2 heterocycles. The van der Waals surface area contributed by atoms with Crippen LogP contribution in [0.3, 0.4) is 0 Å². The van der Waals surface area contributed by atoms with Gasteiger partial charge < -0.3 is 32.0 Å². The predicted molar refractivity (Wildman–Crippen MR) is 111 cm³/mol. The molecule has 156 valence electrons. The van der Waals surface area contributed by atoms with Gasteiger partial charge in [-0.25, -0.2) is 4.98 Å². The predicted octanol–water partition coefficient (Wildman–Crippen LogP) is 1.04. The lowest BCUT2D eigenvalue weighted by molar-refractivity contribution is -0.119. The summed E-state index contributed by atoms with van der Waals surface area (Å²) in [6.07, 6.45) is 11.3. The van der Waals surface area contributed by atoms with Crippen molar-refractivity contribution in [3.05, 3.63) is 23.7 Å². The summed E-state index contributed by atoms with van der Waals surface area (Å²) in [6.45, 7) is 1.41. The molecule has 1 aliphatic carbocycles. The summed E-state index contributed by atoms with van der Waals surface area (Å²) >= 11 is 0. The normalized spacial score (nSPS) is 20.2. The van der Waals surface area contributed by atoms with Crippen LogP contribution >= 0.6 is 0 Å². The molecule has 0 bridgehead atoms. The molecule has 0 aromatic carbocycles. The third-order valence-electron chi connectivity index (χ3n) is 5.24. The minimum absolute atomic E-state index is 0.128. The van der Waals surface area contributed by atoms with Gasteiger partial charge in [0.05, 0.1) is 11.3 Å². The lowest BCUT2D eigenvalue weighted by atomic mass is 10.1. The highest BCUT2D eigenvalue weighted by molar-refractivity contribution is 5.97. The standard InChI is InChI=1S/C19H28N8O2/c20-8-15(9-22-14-6-3-7-27(11-14)12-28)25-19-23-10-16(17(21)29)18(26-19)24-13-4-1-2-5-13/h8-10,12-14,20,22H,1-7,11H2,(H2,21,29)(H2,23,24,25,26)/b15-9+,20-8?. The Labute approximate surface area is 169 Å². The molecule has 1 atom stereocenters. The summed E-state index contributed by atoms with van der Waals surface area (Å²) in [6, 6.07) is 0.394. The molecule has 10 heteroatoms. The number of nitrogens with zero attached hydrogens (tertiary/aromatic N) is 3. The van der Waals surface area contributed by atoms with Gasteiger partial charge in [-0.05, 0) is 25.7 Å². The van der Waals surface area contributed by atoms with E-state index in [0.717, 1.165) is 57.7 Å². The summed E-state index contributed by atoms with van der Waals surface area (Å²) < 4.78 is 0. The maximum atomic E-state index is 11.7. The second-order valence-corrected chi connectivity index (χ2v) is 7.42. The second kappa shape index (κ2) is 9.85. The van der Waals surface area contributed by atoms with E-state index < -0.39 is 5.91 Å². The van der Waals surface area contributed by atoms with Gasteiger partial charge in [-0.3, -0.25) is 9.59 Å². The number of amides is 2. The van der Waals surface area contributed by atoms with Crippen molar-refractivity contribution in [3.8, 4) is 0 Å². The third-order valence-corrected chi connectivity index (χ3v) is 5.24. The molecular formula is C19H28N8O2. The Kier molecular flexibility index (Phi) is 6.99. The number of rotatable bonds is 9. The van der Waals surface area contributed by atoms with E-state index in [1.54, 1.807) is 11.1 Å². The molecule has 0 radical (unpaired) electrons. The van der Waals surface area contributed by atoms with Crippen LogP contribution in [0.5, 0.6) is 0 Å². The lowest BCUT2D eigenvalue weighted by Crippen LogP contribution is -2.43. The number of aromatic nitrogens is 2. The second-order valence-electron chi connectivity index (χ2n) is 7.42. The number of carbonyl (C=O) groups excluding carboxylic acids is 2. The van der Waals surface area contributed by atoms with Crippen LogP contribution in [0.2, 0.25) is 0 Å². The number of allylic oxidation sites excluding steroid dienone is 1. The molecule has 2 amide bonds. The Bertz CT molecular complexity index is 775. The van der Waals surface area contributed by atoms with Crippen molar-refractivity contribution in [2.45, 2.75) is 50.6 Å². The number of nitrogens with one attached hydrogen (secondary N) is 4. The van der Waals surface area contributed by atoms with Crippen LogP contribution in [0.15, 0.2) is 18.1 Å². The van der Waals surface area contributed by atoms with Gasteiger partial charge >= 0.3 is 0 Å². The van der Waals surface area contributed by atoms with Crippen molar-refractivity contribution in [3.63, 3.8) is 0 Å². The van der Waals surface area contributed by atoms with E-state index in [4.69, 9.17) is 11.1 Å². The SMILES string of the molecule is N=C/C(=C\NC1CCCN(C=O)C1)Nc1ncc(C(N)=O)c(NC2CCCC2)n1. The minimum atomic E-state index is -0.585. The van der Waals surface area contributed by atoms with Crippen LogP contribution < -0.4 is 21.7 Å². The maximum absolute atomic E-state index is 11.7. The number of piperidine rings is 1. The van der Waals surface area contributed by atoms with Crippen LogP contribution in [0.1, 0.15) is 48.9 Å². The fourth-order valence-electron chi connectivity index (χ4n) is 3.68. The number of anilines is 2. The van der Waals surface area contributed by atoms with Crippen molar-refractivity contribution in [2.75, 3.05) is 23.7 Å². The molecule has 1 saturated carbocycles.